The number of rotatable bonds is 8. The zero-order valence-electron chi connectivity index (χ0n) is 24.3. The molecular formula is C32H37N5O4S. The summed E-state index contributed by atoms with van der Waals surface area (Å²) in [7, 11) is -1.50. The molecule has 0 atom stereocenters. The first kappa shape index (κ1) is 31.1. The van der Waals surface area contributed by atoms with Crippen LogP contribution in [0.15, 0.2) is 79.3 Å². The zero-order valence-corrected chi connectivity index (χ0v) is 25.1. The number of piperazine rings is 1. The quantitative estimate of drug-likeness (QED) is 0.240. The van der Waals surface area contributed by atoms with Crippen molar-refractivity contribution in [2.24, 2.45) is 0 Å². The van der Waals surface area contributed by atoms with Gasteiger partial charge in [0.15, 0.2) is 5.78 Å². The van der Waals surface area contributed by atoms with Gasteiger partial charge in [0.25, 0.3) is 10.1 Å². The summed E-state index contributed by atoms with van der Waals surface area (Å²) >= 11 is 0. The fraction of sp³-hybridized carbons (Fsp3) is 0.312. The van der Waals surface area contributed by atoms with E-state index in [2.05, 4.69) is 58.0 Å². The topological polar surface area (TPSA) is 117 Å². The number of carbonyl (C=O) groups is 1. The average Bonchev–Trinajstić information content (AvgIpc) is 2.96. The van der Waals surface area contributed by atoms with Crippen LogP contribution in [0.3, 0.4) is 0 Å². The highest BCUT2D eigenvalue weighted by Crippen LogP contribution is 2.19. The molecule has 1 N–H and O–H groups in total. The van der Waals surface area contributed by atoms with Gasteiger partial charge < -0.3 is 4.90 Å². The SMILES string of the molecule is CS(=O)(=O)O.Cc1ccc(CC(=O)c2ccc(CN3CCN(C)CC3)cc2)cc1Cc1nccc(-c2cccnc2)n1. The van der Waals surface area contributed by atoms with Gasteiger partial charge in [0, 0.05) is 75.3 Å². The number of aryl methyl sites for hydroxylation is 1. The van der Waals surface area contributed by atoms with E-state index >= 15 is 0 Å². The maximum Gasteiger partial charge on any atom is 0.261 e. The lowest BCUT2D eigenvalue weighted by atomic mass is 9.97. The van der Waals surface area contributed by atoms with E-state index in [1.165, 1.54) is 11.1 Å². The van der Waals surface area contributed by atoms with Crippen LogP contribution in [-0.4, -0.2) is 83.0 Å². The highest BCUT2D eigenvalue weighted by molar-refractivity contribution is 7.85. The molecule has 1 aliphatic heterocycles. The van der Waals surface area contributed by atoms with Gasteiger partial charge in [0.2, 0.25) is 0 Å². The monoisotopic (exact) mass is 587 g/mol. The second-order valence-corrected chi connectivity index (χ2v) is 12.1. The summed E-state index contributed by atoms with van der Waals surface area (Å²) in [6.07, 6.45) is 7.06. The molecular weight excluding hydrogens is 550 g/mol. The Kier molecular flexibility index (Phi) is 10.6. The summed E-state index contributed by atoms with van der Waals surface area (Å²) in [5.74, 6) is 0.889. The van der Waals surface area contributed by atoms with E-state index < -0.39 is 10.1 Å². The number of nitrogens with zero attached hydrogens (tertiary/aromatic N) is 5. The number of ketones is 1. The first-order chi connectivity index (χ1) is 20.0. The number of aromatic nitrogens is 3. The molecule has 0 amide bonds. The first-order valence-electron chi connectivity index (χ1n) is 13.8. The summed E-state index contributed by atoms with van der Waals surface area (Å²) < 4.78 is 25.9. The second kappa shape index (κ2) is 14.4. The molecule has 0 unspecified atom stereocenters. The van der Waals surface area contributed by atoms with Crippen LogP contribution in [0.4, 0.5) is 0 Å². The summed E-state index contributed by atoms with van der Waals surface area (Å²) in [5, 5.41) is 0. The van der Waals surface area contributed by atoms with Crippen molar-refractivity contribution in [1.29, 1.82) is 0 Å². The van der Waals surface area contributed by atoms with Crippen LogP contribution >= 0.6 is 0 Å². The highest BCUT2D eigenvalue weighted by atomic mass is 32.2. The molecule has 5 rings (SSSR count). The van der Waals surface area contributed by atoms with Crippen molar-refractivity contribution in [3.8, 4) is 11.3 Å². The smallest absolute Gasteiger partial charge is 0.261 e. The van der Waals surface area contributed by atoms with Gasteiger partial charge in [-0.25, -0.2) is 9.97 Å². The molecule has 0 saturated carbocycles. The summed E-state index contributed by atoms with van der Waals surface area (Å²) in [5.41, 5.74) is 7.16. The Labute approximate surface area is 248 Å². The maximum absolute atomic E-state index is 13.1. The standard InChI is InChI=1S/C31H33N5O.CH4O3S/c1-23-5-6-25(18-28(23)20-31-33-13-11-29(34-31)27-4-3-12-32-21-27)19-30(37)26-9-7-24(8-10-26)22-36-16-14-35(2)15-17-36;1-5(2,3)4/h3-13,18,21H,14-17,19-20,22H2,1-2H3;1H3,(H,2,3,4). The van der Waals surface area contributed by atoms with E-state index in [0.29, 0.717) is 19.1 Å². The van der Waals surface area contributed by atoms with E-state index in [1.54, 1.807) is 12.4 Å². The maximum atomic E-state index is 13.1. The predicted molar refractivity (Wildman–Crippen MR) is 164 cm³/mol. The molecule has 0 bridgehead atoms. The number of hydrogen-bond acceptors (Lipinski definition) is 8. The van der Waals surface area contributed by atoms with Crippen LogP contribution in [0.2, 0.25) is 0 Å². The van der Waals surface area contributed by atoms with Gasteiger partial charge in [0.1, 0.15) is 5.82 Å². The number of pyridine rings is 1. The fourth-order valence-corrected chi connectivity index (χ4v) is 4.70. The largest absolute Gasteiger partial charge is 0.304 e. The molecule has 2 aromatic carbocycles. The minimum Gasteiger partial charge on any atom is -0.304 e. The van der Waals surface area contributed by atoms with Gasteiger partial charge in [-0.2, -0.15) is 8.42 Å². The van der Waals surface area contributed by atoms with E-state index in [4.69, 9.17) is 9.54 Å². The molecule has 10 heteroatoms. The molecule has 1 saturated heterocycles. The summed E-state index contributed by atoms with van der Waals surface area (Å²) in [6, 6.07) is 20.2. The molecule has 4 aromatic rings. The van der Waals surface area contributed by atoms with Gasteiger partial charge in [-0.05, 0) is 54.4 Å². The normalized spacial score (nSPS) is 14.2. The average molecular weight is 588 g/mol. The van der Waals surface area contributed by atoms with E-state index in [9.17, 15) is 13.2 Å². The minimum atomic E-state index is -3.67. The number of Topliss-reactive ketones (excluding diaryl/α,β-unsaturated/α-hetero) is 1. The Morgan fingerprint density at radius 1 is 0.952 bits per heavy atom. The molecule has 3 heterocycles. The Bertz CT molecular complexity index is 1580. The summed E-state index contributed by atoms with van der Waals surface area (Å²) in [4.78, 5) is 31.3. The minimum absolute atomic E-state index is 0.135. The van der Waals surface area contributed by atoms with Crippen LogP contribution in [0, 0.1) is 6.92 Å². The van der Waals surface area contributed by atoms with Crippen LogP contribution < -0.4 is 0 Å². The van der Waals surface area contributed by atoms with Crippen LogP contribution in [0.5, 0.6) is 0 Å². The van der Waals surface area contributed by atoms with Gasteiger partial charge in [-0.3, -0.25) is 19.2 Å². The molecule has 0 spiro atoms. The molecule has 0 radical (unpaired) electrons. The third-order valence-corrected chi connectivity index (χ3v) is 7.07. The zero-order chi connectivity index (χ0) is 30.1. The van der Waals surface area contributed by atoms with Gasteiger partial charge >= 0.3 is 0 Å². The van der Waals surface area contributed by atoms with E-state index in [1.807, 2.05) is 42.6 Å². The van der Waals surface area contributed by atoms with Crippen molar-refractivity contribution in [2.45, 2.75) is 26.3 Å². The molecule has 0 aliphatic carbocycles. The third-order valence-electron chi connectivity index (χ3n) is 7.07. The predicted octanol–water partition coefficient (Wildman–Crippen LogP) is 4.11. The third kappa shape index (κ3) is 9.92. The van der Waals surface area contributed by atoms with Gasteiger partial charge in [0.05, 0.1) is 11.9 Å². The molecule has 1 fully saturated rings. The number of likely N-dealkylation sites (N-methyl/N-ethyl adjacent to an activating group) is 1. The number of carbonyl (C=O) groups excluding carboxylic acids is 1. The van der Waals surface area contributed by atoms with E-state index in [-0.39, 0.29) is 5.78 Å². The van der Waals surface area contributed by atoms with Crippen molar-refractivity contribution >= 4 is 15.9 Å². The number of hydrogen-bond donors (Lipinski definition) is 1. The Hall–Kier alpha value is -3.83. The van der Waals surface area contributed by atoms with Gasteiger partial charge in [-0.15, -0.1) is 0 Å². The molecule has 1 aliphatic rings. The van der Waals surface area contributed by atoms with Crippen molar-refractivity contribution < 1.29 is 17.8 Å². The lowest BCUT2D eigenvalue weighted by molar-refractivity contribution is 0.0993. The Morgan fingerprint density at radius 2 is 1.64 bits per heavy atom. The molecule has 9 nitrogen and oxygen atoms in total. The van der Waals surface area contributed by atoms with Crippen LogP contribution in [0.1, 0.15) is 38.4 Å². The van der Waals surface area contributed by atoms with Crippen molar-refractivity contribution in [3.05, 3.63) is 113 Å². The summed E-state index contributed by atoms with van der Waals surface area (Å²) in [6.45, 7) is 7.42. The lowest BCUT2D eigenvalue weighted by Gasteiger charge is -2.32. The Morgan fingerprint density at radius 3 is 2.31 bits per heavy atom. The van der Waals surface area contributed by atoms with E-state index in [0.717, 1.165) is 66.5 Å². The molecule has 42 heavy (non-hydrogen) atoms. The highest BCUT2D eigenvalue weighted by Gasteiger charge is 2.15. The number of benzene rings is 2. The van der Waals surface area contributed by atoms with Crippen molar-refractivity contribution in [3.63, 3.8) is 0 Å². The van der Waals surface area contributed by atoms with Crippen molar-refractivity contribution in [2.75, 3.05) is 39.5 Å². The molecule has 220 valence electrons. The van der Waals surface area contributed by atoms with Crippen LogP contribution in [-0.2, 0) is 29.5 Å². The van der Waals surface area contributed by atoms with Crippen molar-refractivity contribution in [1.82, 2.24) is 24.8 Å². The lowest BCUT2D eigenvalue weighted by Crippen LogP contribution is -2.43. The fourth-order valence-electron chi connectivity index (χ4n) is 4.70. The molecule has 2 aromatic heterocycles. The van der Waals surface area contributed by atoms with Crippen LogP contribution in [0.25, 0.3) is 11.3 Å². The second-order valence-electron chi connectivity index (χ2n) is 10.6. The Balaban J connectivity index is 0.000000748. The van der Waals surface area contributed by atoms with Gasteiger partial charge in [-0.1, -0.05) is 42.5 Å². The first-order valence-corrected chi connectivity index (χ1v) is 15.6.